The van der Waals surface area contributed by atoms with Crippen LogP contribution in [0.2, 0.25) is 42.3 Å². The van der Waals surface area contributed by atoms with Crippen LogP contribution in [0, 0.1) is 0 Å². The highest BCUT2D eigenvalue weighted by Crippen LogP contribution is 2.45. The molecule has 1 aliphatic heterocycles. The molecule has 0 aliphatic carbocycles. The van der Waals surface area contributed by atoms with Gasteiger partial charge in [-0.25, -0.2) is 0 Å². The monoisotopic (exact) mass is 525 g/mol. The summed E-state index contributed by atoms with van der Waals surface area (Å²) in [4.78, 5) is 1.89. The Hall–Kier alpha value is 0.281. The first-order valence-electron chi connectivity index (χ1n) is 15.8. The Bertz CT molecular complexity index is 514. The van der Waals surface area contributed by atoms with Crippen molar-refractivity contribution in [2.45, 2.75) is 181 Å². The number of hydrogen-bond donors (Lipinski definition) is 0. The minimum absolute atomic E-state index is 1.29. The lowest BCUT2D eigenvalue weighted by atomic mass is 10.4. The van der Waals surface area contributed by atoms with Gasteiger partial charge >= 0.3 is 8.48 Å². The van der Waals surface area contributed by atoms with Crippen LogP contribution in [0.5, 0.6) is 0 Å². The van der Waals surface area contributed by atoms with E-state index in [1.165, 1.54) is 132 Å². The molecule has 0 aromatic carbocycles. The summed E-state index contributed by atoms with van der Waals surface area (Å²) in [7, 11) is -5.57. The zero-order valence-corrected chi connectivity index (χ0v) is 27.7. The summed E-state index contributed by atoms with van der Waals surface area (Å²) >= 11 is 0. The van der Waals surface area contributed by atoms with Crippen molar-refractivity contribution in [3.63, 3.8) is 0 Å². The molecule has 0 saturated heterocycles. The Morgan fingerprint density at radius 2 is 0.882 bits per heavy atom. The predicted octanol–water partition coefficient (Wildman–Crippen LogP) is 11.0. The van der Waals surface area contributed by atoms with Crippen molar-refractivity contribution in [3.05, 3.63) is 0 Å². The quantitative estimate of drug-likeness (QED) is 0.129. The number of rotatable bonds is 22. The van der Waals surface area contributed by atoms with Crippen molar-refractivity contribution in [1.29, 1.82) is 0 Å². The van der Waals surface area contributed by atoms with E-state index in [9.17, 15) is 0 Å². The fraction of sp³-hybridized carbons (Fsp3) is 0.966. The third kappa shape index (κ3) is 9.30. The normalized spacial score (nSPS) is 17.3. The van der Waals surface area contributed by atoms with Crippen LogP contribution in [0.25, 0.3) is 0 Å². The summed E-state index contributed by atoms with van der Waals surface area (Å²) in [5.41, 5.74) is 0. The standard InChI is InChI=1S/C29H63NOSi3/c1-8-15-22-32(23-16-9-2,24-17-10-3)29-30-34(27-20-13-6,28-21-14-7)31-33(29,25-18-11-4)26-19-12-5/h8-28H2,1-7H3. The molecule has 202 valence electrons. The van der Waals surface area contributed by atoms with Gasteiger partial charge in [0.05, 0.1) is 0 Å². The molecule has 0 radical (unpaired) electrons. The van der Waals surface area contributed by atoms with Gasteiger partial charge in [0.15, 0.2) is 0 Å². The number of nitrogens with zero attached hydrogens (tertiary/aromatic N) is 1. The van der Waals surface area contributed by atoms with Crippen LogP contribution >= 0.6 is 0 Å². The lowest BCUT2D eigenvalue weighted by Crippen LogP contribution is -2.59. The van der Waals surface area contributed by atoms with Crippen molar-refractivity contribution in [1.82, 2.24) is 0 Å². The van der Waals surface area contributed by atoms with Gasteiger partial charge in [-0.15, -0.1) is 0 Å². The van der Waals surface area contributed by atoms with Crippen LogP contribution in [-0.2, 0) is 4.12 Å². The molecule has 0 N–H and O–H groups in total. The summed E-state index contributed by atoms with van der Waals surface area (Å²) in [6.45, 7) is 16.7. The van der Waals surface area contributed by atoms with Crippen LogP contribution in [-0.4, -0.2) is 29.8 Å². The Kier molecular flexibility index (Phi) is 16.8. The van der Waals surface area contributed by atoms with Gasteiger partial charge in [-0.3, -0.25) is 0 Å². The summed E-state index contributed by atoms with van der Waals surface area (Å²) in [5.74, 6) is 0. The topological polar surface area (TPSA) is 21.6 Å². The molecule has 0 atom stereocenters. The zero-order chi connectivity index (χ0) is 25.3. The van der Waals surface area contributed by atoms with Crippen LogP contribution < -0.4 is 0 Å². The Morgan fingerprint density at radius 1 is 0.529 bits per heavy atom. The van der Waals surface area contributed by atoms with E-state index in [-0.39, 0.29) is 0 Å². The average molecular weight is 526 g/mol. The average Bonchev–Trinajstić information content (AvgIpc) is 3.19. The van der Waals surface area contributed by atoms with Crippen LogP contribution in [0.4, 0.5) is 0 Å². The molecule has 34 heavy (non-hydrogen) atoms. The molecule has 0 saturated carbocycles. The molecule has 1 rings (SSSR count). The van der Waals surface area contributed by atoms with Crippen molar-refractivity contribution in [3.8, 4) is 0 Å². The van der Waals surface area contributed by atoms with Gasteiger partial charge in [-0.05, 0) is 24.2 Å². The van der Waals surface area contributed by atoms with E-state index in [4.69, 9.17) is 8.77 Å². The highest BCUT2D eigenvalue weighted by molar-refractivity contribution is 7.35. The first kappa shape index (κ1) is 32.3. The van der Waals surface area contributed by atoms with Crippen molar-refractivity contribution in [2.24, 2.45) is 4.66 Å². The zero-order valence-electron chi connectivity index (χ0n) is 24.7. The van der Waals surface area contributed by atoms with Crippen LogP contribution in [0.3, 0.4) is 0 Å². The lowest BCUT2D eigenvalue weighted by Gasteiger charge is -2.41. The molecular formula is C29H63NOSi3. The summed E-state index contributed by atoms with van der Waals surface area (Å²) in [6, 6.07) is 9.89. The van der Waals surface area contributed by atoms with Crippen LogP contribution in [0.15, 0.2) is 4.66 Å². The minimum Gasteiger partial charge on any atom is -0.435 e. The predicted molar refractivity (Wildman–Crippen MR) is 164 cm³/mol. The third-order valence-electron chi connectivity index (χ3n) is 8.37. The molecular weight excluding hydrogens is 463 g/mol. The van der Waals surface area contributed by atoms with Gasteiger partial charge in [-0.1, -0.05) is 156 Å². The van der Waals surface area contributed by atoms with E-state index in [1.54, 1.807) is 0 Å². The molecule has 0 unspecified atom stereocenters. The Morgan fingerprint density at radius 3 is 1.24 bits per heavy atom. The number of unbranched alkanes of at least 4 members (excludes halogenated alkanes) is 7. The molecule has 2 nitrogen and oxygen atoms in total. The highest BCUT2D eigenvalue weighted by atomic mass is 28.5. The largest absolute Gasteiger partial charge is 0.435 e. The molecule has 0 aromatic rings. The van der Waals surface area contributed by atoms with Gasteiger partial charge in [0.25, 0.3) is 0 Å². The fourth-order valence-electron chi connectivity index (χ4n) is 6.25. The van der Waals surface area contributed by atoms with Gasteiger partial charge in [-0.2, -0.15) is 0 Å². The lowest BCUT2D eigenvalue weighted by molar-refractivity contribution is 0.516. The van der Waals surface area contributed by atoms with Crippen molar-refractivity contribution < 1.29 is 4.12 Å². The van der Waals surface area contributed by atoms with Gasteiger partial charge in [0.1, 0.15) is 8.07 Å². The summed E-state index contributed by atoms with van der Waals surface area (Å²) in [6.07, 6.45) is 18.9. The molecule has 0 aromatic heterocycles. The molecule has 0 amide bonds. The van der Waals surface area contributed by atoms with E-state index >= 15 is 0 Å². The first-order chi connectivity index (χ1) is 16.5. The maximum atomic E-state index is 7.81. The molecule has 5 heteroatoms. The minimum atomic E-state index is -2.02. The van der Waals surface area contributed by atoms with Crippen molar-refractivity contribution >= 4 is 29.8 Å². The van der Waals surface area contributed by atoms with Gasteiger partial charge < -0.3 is 8.77 Å². The second-order valence-electron chi connectivity index (χ2n) is 11.5. The summed E-state index contributed by atoms with van der Waals surface area (Å²) < 4.78 is 14.0. The second kappa shape index (κ2) is 17.7. The number of hydrogen-bond acceptors (Lipinski definition) is 2. The van der Waals surface area contributed by atoms with Crippen LogP contribution in [0.1, 0.15) is 138 Å². The SMILES string of the molecule is CCCC[Si]1(CCCC)N=C([Si](CCCC)(CCCC)CCCC)[Si](CCCC)(CCCC)O1. The van der Waals surface area contributed by atoms with E-state index in [0.29, 0.717) is 0 Å². The van der Waals surface area contributed by atoms with Gasteiger partial charge in [0.2, 0.25) is 8.32 Å². The van der Waals surface area contributed by atoms with E-state index in [1.807, 2.05) is 4.96 Å². The Balaban J connectivity index is 3.71. The molecule has 0 spiro atoms. The maximum absolute atomic E-state index is 7.81. The second-order valence-corrected chi connectivity index (χ2v) is 23.9. The smallest absolute Gasteiger partial charge is 0.308 e. The third-order valence-corrected chi connectivity index (χ3v) is 26.1. The fourth-order valence-corrected chi connectivity index (χ4v) is 30.4. The summed E-state index contributed by atoms with van der Waals surface area (Å²) in [5, 5.41) is 0. The molecule has 0 bridgehead atoms. The molecule has 1 aliphatic rings. The first-order valence-corrected chi connectivity index (χ1v) is 23.0. The highest BCUT2D eigenvalue weighted by Gasteiger charge is 2.59. The van der Waals surface area contributed by atoms with E-state index in [0.717, 1.165) is 0 Å². The molecule has 1 heterocycles. The van der Waals surface area contributed by atoms with E-state index < -0.39 is 24.9 Å². The van der Waals surface area contributed by atoms with Crippen molar-refractivity contribution in [2.75, 3.05) is 0 Å². The molecule has 0 fully saturated rings. The Labute approximate surface area is 218 Å². The van der Waals surface area contributed by atoms with E-state index in [2.05, 4.69) is 48.5 Å². The van der Waals surface area contributed by atoms with Gasteiger partial charge in [0, 0.05) is 4.96 Å². The maximum Gasteiger partial charge on any atom is 0.308 e.